The van der Waals surface area contributed by atoms with Gasteiger partial charge in [-0.15, -0.1) is 0 Å². The van der Waals surface area contributed by atoms with E-state index >= 15 is 0 Å². The van der Waals surface area contributed by atoms with Gasteiger partial charge in [-0.2, -0.15) is 0 Å². The minimum atomic E-state index is -0.453. The maximum Gasteiger partial charge on any atom is 0.331 e. The number of carbonyl (C=O) groups is 1. The van der Waals surface area contributed by atoms with Crippen LogP contribution in [-0.4, -0.2) is 11.6 Å². The van der Waals surface area contributed by atoms with Crippen LogP contribution in [-0.2, 0) is 9.53 Å². The summed E-state index contributed by atoms with van der Waals surface area (Å²) >= 11 is 3.40. The number of ether oxygens (including phenoxy) is 1. The maximum atomic E-state index is 11.6. The van der Waals surface area contributed by atoms with Gasteiger partial charge >= 0.3 is 5.97 Å². The van der Waals surface area contributed by atoms with Gasteiger partial charge in [-0.3, -0.25) is 0 Å². The summed E-state index contributed by atoms with van der Waals surface area (Å²) in [6.45, 7) is 7.46. The highest BCUT2D eigenvalue weighted by Gasteiger charge is 2.14. The highest BCUT2D eigenvalue weighted by Crippen LogP contribution is 2.19. The van der Waals surface area contributed by atoms with Crippen molar-refractivity contribution in [2.75, 3.05) is 0 Å². The third kappa shape index (κ3) is 5.18. The van der Waals surface area contributed by atoms with Crippen molar-refractivity contribution in [3.8, 4) is 0 Å². The number of rotatable bonds is 2. The quantitative estimate of drug-likeness (QED) is 0.604. The Balaban J connectivity index is 2.83. The molecule has 0 heterocycles. The third-order valence-corrected chi connectivity index (χ3v) is 2.51. The predicted molar refractivity (Wildman–Crippen MR) is 73.6 cm³/mol. The van der Waals surface area contributed by atoms with Crippen molar-refractivity contribution in [3.63, 3.8) is 0 Å². The second-order valence-corrected chi connectivity index (χ2v) is 5.79. The van der Waals surface area contributed by atoms with Crippen LogP contribution in [0.5, 0.6) is 0 Å². The summed E-state index contributed by atoms with van der Waals surface area (Å²) in [6, 6.07) is 7.81. The highest BCUT2D eigenvalue weighted by molar-refractivity contribution is 9.10. The van der Waals surface area contributed by atoms with E-state index in [1.807, 2.05) is 52.0 Å². The first kappa shape index (κ1) is 14.0. The van der Waals surface area contributed by atoms with E-state index in [9.17, 15) is 4.79 Å². The average molecular weight is 297 g/mol. The smallest absolute Gasteiger partial charge is 0.331 e. The molecule has 3 heteroatoms. The second-order valence-electron chi connectivity index (χ2n) is 4.87. The zero-order valence-corrected chi connectivity index (χ0v) is 12.2. The summed E-state index contributed by atoms with van der Waals surface area (Å²) in [5.74, 6) is -0.310. The Morgan fingerprint density at radius 1 is 1.35 bits per heavy atom. The fourth-order valence-corrected chi connectivity index (χ4v) is 1.72. The number of benzene rings is 1. The van der Waals surface area contributed by atoms with Crippen molar-refractivity contribution in [2.45, 2.75) is 33.3 Å². The molecule has 1 rings (SSSR count). The van der Waals surface area contributed by atoms with Gasteiger partial charge in [0.2, 0.25) is 0 Å². The molecular formula is C14H17BrO2. The van der Waals surface area contributed by atoms with E-state index in [4.69, 9.17) is 4.74 Å². The molecule has 2 nitrogen and oxygen atoms in total. The number of allylic oxidation sites excluding steroid dienone is 1. The van der Waals surface area contributed by atoms with Crippen LogP contribution in [0, 0.1) is 0 Å². The molecule has 0 atom stereocenters. The van der Waals surface area contributed by atoms with Gasteiger partial charge in [0.25, 0.3) is 0 Å². The minimum Gasteiger partial charge on any atom is -0.457 e. The van der Waals surface area contributed by atoms with Gasteiger partial charge in [-0.25, -0.2) is 4.79 Å². The molecule has 17 heavy (non-hydrogen) atoms. The van der Waals surface area contributed by atoms with E-state index in [0.29, 0.717) is 0 Å². The van der Waals surface area contributed by atoms with E-state index < -0.39 is 5.60 Å². The zero-order chi connectivity index (χ0) is 13.1. The number of carbonyl (C=O) groups excluding carboxylic acids is 1. The van der Waals surface area contributed by atoms with Crippen LogP contribution >= 0.6 is 15.9 Å². The van der Waals surface area contributed by atoms with Crippen LogP contribution in [0.2, 0.25) is 0 Å². The van der Waals surface area contributed by atoms with Gasteiger partial charge in [0, 0.05) is 10.5 Å². The molecule has 0 bridgehead atoms. The largest absolute Gasteiger partial charge is 0.457 e. The summed E-state index contributed by atoms with van der Waals surface area (Å²) in [4.78, 5) is 11.6. The Morgan fingerprint density at radius 2 is 2.00 bits per heavy atom. The monoisotopic (exact) mass is 296 g/mol. The Kier molecular flexibility index (Phi) is 4.52. The normalized spacial score (nSPS) is 12.4. The van der Waals surface area contributed by atoms with Crippen LogP contribution in [0.15, 0.2) is 34.8 Å². The molecule has 0 N–H and O–H groups in total. The molecule has 1 aromatic rings. The van der Waals surface area contributed by atoms with Crippen molar-refractivity contribution < 1.29 is 9.53 Å². The van der Waals surface area contributed by atoms with Crippen molar-refractivity contribution >= 4 is 27.5 Å². The molecule has 0 fully saturated rings. The molecule has 0 saturated heterocycles. The van der Waals surface area contributed by atoms with E-state index in [1.165, 1.54) is 6.08 Å². The van der Waals surface area contributed by atoms with E-state index in [-0.39, 0.29) is 5.97 Å². The van der Waals surface area contributed by atoms with Crippen molar-refractivity contribution in [2.24, 2.45) is 0 Å². The Hall–Kier alpha value is -1.09. The molecule has 0 aliphatic heterocycles. The molecule has 0 aromatic heterocycles. The summed E-state index contributed by atoms with van der Waals surface area (Å²) in [5, 5.41) is 0. The van der Waals surface area contributed by atoms with Gasteiger partial charge in [0.1, 0.15) is 5.60 Å². The molecular weight excluding hydrogens is 280 g/mol. The number of esters is 1. The van der Waals surface area contributed by atoms with Gasteiger partial charge in [0.15, 0.2) is 0 Å². The van der Waals surface area contributed by atoms with Crippen LogP contribution in [0.1, 0.15) is 33.3 Å². The van der Waals surface area contributed by atoms with Crippen molar-refractivity contribution in [1.82, 2.24) is 0 Å². The molecule has 0 saturated carbocycles. The van der Waals surface area contributed by atoms with Crippen LogP contribution in [0.4, 0.5) is 0 Å². The second kappa shape index (κ2) is 5.50. The molecule has 0 amide bonds. The maximum absolute atomic E-state index is 11.6. The standard InChI is InChI=1S/C14H17BrO2/c1-10(8-13(16)17-14(2,3)4)11-6-5-7-12(15)9-11/h5-9H,1-4H3. The summed E-state index contributed by atoms with van der Waals surface area (Å²) in [6.07, 6.45) is 1.52. The molecule has 0 aliphatic carbocycles. The van der Waals surface area contributed by atoms with Crippen LogP contribution < -0.4 is 0 Å². The molecule has 0 unspecified atom stereocenters. The van der Waals surface area contributed by atoms with Gasteiger partial charge in [-0.05, 0) is 51.0 Å². The molecule has 0 radical (unpaired) electrons. The van der Waals surface area contributed by atoms with E-state index in [1.54, 1.807) is 0 Å². The topological polar surface area (TPSA) is 26.3 Å². The molecule has 1 aromatic carbocycles. The lowest BCUT2D eigenvalue weighted by Gasteiger charge is -2.18. The van der Waals surface area contributed by atoms with Crippen molar-refractivity contribution in [1.29, 1.82) is 0 Å². The lowest BCUT2D eigenvalue weighted by atomic mass is 10.1. The Bertz CT molecular complexity index is 442. The lowest BCUT2D eigenvalue weighted by Crippen LogP contribution is -2.22. The molecule has 0 aliphatic rings. The summed E-state index contributed by atoms with van der Waals surface area (Å²) in [5.41, 5.74) is 1.44. The summed E-state index contributed by atoms with van der Waals surface area (Å²) < 4.78 is 6.23. The van der Waals surface area contributed by atoms with Crippen LogP contribution in [0.3, 0.4) is 0 Å². The first-order valence-electron chi connectivity index (χ1n) is 5.45. The first-order chi connectivity index (χ1) is 7.78. The van der Waals surface area contributed by atoms with E-state index in [0.717, 1.165) is 15.6 Å². The van der Waals surface area contributed by atoms with E-state index in [2.05, 4.69) is 15.9 Å². The lowest BCUT2D eigenvalue weighted by molar-refractivity contribution is -0.148. The SMILES string of the molecule is CC(=CC(=O)OC(C)(C)C)c1cccc(Br)c1. The zero-order valence-electron chi connectivity index (χ0n) is 10.6. The first-order valence-corrected chi connectivity index (χ1v) is 6.24. The fourth-order valence-electron chi connectivity index (χ4n) is 1.33. The number of halogens is 1. The van der Waals surface area contributed by atoms with Gasteiger partial charge in [-0.1, -0.05) is 28.1 Å². The summed E-state index contributed by atoms with van der Waals surface area (Å²) in [7, 11) is 0. The number of hydrogen-bond donors (Lipinski definition) is 0. The highest BCUT2D eigenvalue weighted by atomic mass is 79.9. The Labute approximate surface area is 111 Å². The fraction of sp³-hybridized carbons (Fsp3) is 0.357. The van der Waals surface area contributed by atoms with Gasteiger partial charge < -0.3 is 4.74 Å². The molecule has 92 valence electrons. The van der Waals surface area contributed by atoms with Gasteiger partial charge in [0.05, 0.1) is 0 Å². The average Bonchev–Trinajstić information content (AvgIpc) is 2.14. The third-order valence-electron chi connectivity index (χ3n) is 2.02. The Morgan fingerprint density at radius 3 is 2.53 bits per heavy atom. The molecule has 0 spiro atoms. The number of hydrogen-bond acceptors (Lipinski definition) is 2. The van der Waals surface area contributed by atoms with Crippen LogP contribution in [0.25, 0.3) is 5.57 Å². The predicted octanol–water partition coefficient (Wildman–Crippen LogP) is 4.19. The minimum absolute atomic E-state index is 0.310. The van der Waals surface area contributed by atoms with Crippen molar-refractivity contribution in [3.05, 3.63) is 40.4 Å².